The molecule has 0 aromatic carbocycles. The van der Waals surface area contributed by atoms with Crippen molar-refractivity contribution in [1.82, 2.24) is 29.4 Å². The summed E-state index contributed by atoms with van der Waals surface area (Å²) in [6.07, 6.45) is 2.87. The zero-order valence-corrected chi connectivity index (χ0v) is 21.7. The number of nitrogen functional groups attached to an aromatic ring is 1. The first-order chi connectivity index (χ1) is 16.7. The lowest BCUT2D eigenvalue weighted by Gasteiger charge is -2.27. The number of nitrogens with one attached hydrogen (secondary N) is 1. The van der Waals surface area contributed by atoms with Crippen LogP contribution in [0.4, 0.5) is 11.6 Å². The number of aromatic nitrogens is 5. The number of amides is 2. The fraction of sp³-hybridized carbons (Fsp3) is 0.304. The molecule has 0 spiro atoms. The number of pyridine rings is 2. The minimum atomic E-state index is -0.577. The highest BCUT2D eigenvalue weighted by atomic mass is 79.9. The number of halogens is 2. The van der Waals surface area contributed by atoms with E-state index >= 15 is 0 Å². The van der Waals surface area contributed by atoms with Gasteiger partial charge in [-0.3, -0.25) is 9.59 Å². The summed E-state index contributed by atoms with van der Waals surface area (Å²) in [5.41, 5.74) is 7.97. The quantitative estimate of drug-likeness (QED) is 0.343. The van der Waals surface area contributed by atoms with Gasteiger partial charge in [-0.05, 0) is 74.4 Å². The monoisotopic (exact) mass is 598 g/mol. The van der Waals surface area contributed by atoms with Gasteiger partial charge in [0, 0.05) is 6.04 Å². The number of rotatable bonds is 4. The molecular weight excluding hydrogens is 580 g/mol. The lowest BCUT2D eigenvalue weighted by molar-refractivity contribution is -0.138. The van der Waals surface area contributed by atoms with Crippen LogP contribution in [0, 0.1) is 5.41 Å². The maximum absolute atomic E-state index is 13.8. The van der Waals surface area contributed by atoms with Crippen LogP contribution in [0.1, 0.15) is 19.8 Å². The molecule has 3 atom stereocenters. The van der Waals surface area contributed by atoms with Crippen molar-refractivity contribution in [1.29, 1.82) is 0 Å². The predicted octanol–water partition coefficient (Wildman–Crippen LogP) is 3.50. The highest BCUT2D eigenvalue weighted by Gasteiger charge is 2.64. The molecule has 2 fully saturated rings. The molecule has 0 unspecified atom stereocenters. The molecule has 1 aliphatic heterocycles. The lowest BCUT2D eigenvalue weighted by Crippen LogP contribution is -2.46. The Balaban J connectivity index is 1.34. The van der Waals surface area contributed by atoms with E-state index in [9.17, 15) is 9.59 Å². The highest BCUT2D eigenvalue weighted by Crippen LogP contribution is 2.59. The van der Waals surface area contributed by atoms with Crippen LogP contribution < -0.4 is 11.1 Å². The Bertz CT molecular complexity index is 1540. The summed E-state index contributed by atoms with van der Waals surface area (Å²) in [6, 6.07) is 8.43. The van der Waals surface area contributed by atoms with Crippen LogP contribution in [-0.2, 0) is 16.1 Å². The van der Waals surface area contributed by atoms with Crippen molar-refractivity contribution in [2.45, 2.75) is 38.4 Å². The maximum atomic E-state index is 13.8. The van der Waals surface area contributed by atoms with E-state index in [1.807, 2.05) is 6.07 Å². The van der Waals surface area contributed by atoms with Gasteiger partial charge in [0.25, 0.3) is 0 Å². The van der Waals surface area contributed by atoms with Crippen LogP contribution in [0.3, 0.4) is 0 Å². The number of carbonyl (C=O) groups is 2. The summed E-state index contributed by atoms with van der Waals surface area (Å²) < 4.78 is 3.06. The van der Waals surface area contributed by atoms with E-state index in [0.29, 0.717) is 43.8 Å². The van der Waals surface area contributed by atoms with Crippen molar-refractivity contribution in [3.63, 3.8) is 0 Å². The first-order valence-corrected chi connectivity index (χ1v) is 12.6. The smallest absolute Gasteiger partial charge is 0.248 e. The Morgan fingerprint density at radius 1 is 1.14 bits per heavy atom. The van der Waals surface area contributed by atoms with Crippen molar-refractivity contribution in [2.75, 3.05) is 11.1 Å². The van der Waals surface area contributed by atoms with E-state index < -0.39 is 6.04 Å². The second-order valence-corrected chi connectivity index (χ2v) is 10.9. The number of hydrogen-bond acceptors (Lipinski definition) is 7. The summed E-state index contributed by atoms with van der Waals surface area (Å²) in [7, 11) is 0. The molecule has 12 heteroatoms. The molecular formula is C23H20Br2N8O2. The summed E-state index contributed by atoms with van der Waals surface area (Å²) in [5.74, 6) is 0.342. The van der Waals surface area contributed by atoms with Crippen LogP contribution in [-0.4, -0.2) is 53.3 Å². The molecule has 4 aromatic rings. The molecule has 35 heavy (non-hydrogen) atoms. The van der Waals surface area contributed by atoms with E-state index in [1.54, 1.807) is 33.7 Å². The lowest BCUT2D eigenvalue weighted by atomic mass is 10.0. The number of carbonyl (C=O) groups excluding carboxylic acids is 2. The van der Waals surface area contributed by atoms with Crippen LogP contribution in [0.2, 0.25) is 0 Å². The molecule has 0 bridgehead atoms. The molecule has 6 rings (SSSR count). The Hall–Kier alpha value is -3.12. The van der Waals surface area contributed by atoms with Gasteiger partial charge >= 0.3 is 0 Å². The number of nitrogens with zero attached hydrogens (tertiary/aromatic N) is 6. The second-order valence-electron chi connectivity index (χ2n) is 9.28. The number of piperidine rings is 1. The maximum Gasteiger partial charge on any atom is 0.248 e. The van der Waals surface area contributed by atoms with Gasteiger partial charge in [0.15, 0.2) is 0 Å². The van der Waals surface area contributed by atoms with Gasteiger partial charge in [0.2, 0.25) is 11.8 Å². The molecule has 2 amide bonds. The molecule has 5 heterocycles. The third-order valence-corrected chi connectivity index (χ3v) is 7.85. The first kappa shape index (κ1) is 22.4. The highest BCUT2D eigenvalue weighted by molar-refractivity contribution is 9.10. The van der Waals surface area contributed by atoms with Gasteiger partial charge in [-0.1, -0.05) is 13.0 Å². The topological polar surface area (TPSA) is 132 Å². The largest absolute Gasteiger partial charge is 0.383 e. The van der Waals surface area contributed by atoms with Crippen LogP contribution in [0.15, 0.2) is 45.9 Å². The molecule has 0 radical (unpaired) electrons. The van der Waals surface area contributed by atoms with Gasteiger partial charge in [0.1, 0.15) is 50.9 Å². The number of likely N-dealkylation sites (tertiary alicyclic amines) is 1. The summed E-state index contributed by atoms with van der Waals surface area (Å²) in [4.78, 5) is 46.1. The predicted molar refractivity (Wildman–Crippen MR) is 137 cm³/mol. The molecule has 2 aliphatic rings. The van der Waals surface area contributed by atoms with Crippen molar-refractivity contribution < 1.29 is 9.59 Å². The second kappa shape index (κ2) is 7.95. The van der Waals surface area contributed by atoms with Crippen molar-refractivity contribution >= 4 is 77.4 Å². The zero-order valence-electron chi connectivity index (χ0n) is 18.6. The van der Waals surface area contributed by atoms with E-state index in [4.69, 9.17) is 5.73 Å². The van der Waals surface area contributed by atoms with Crippen molar-refractivity contribution in [3.05, 3.63) is 45.9 Å². The fourth-order valence-electron chi connectivity index (χ4n) is 5.19. The third-order valence-electron chi connectivity index (χ3n) is 6.97. The number of hydrogen-bond donors (Lipinski definition) is 2. The molecule has 178 valence electrons. The number of fused-ring (bicyclic) bond motifs is 4. The summed E-state index contributed by atoms with van der Waals surface area (Å²) >= 11 is 6.72. The van der Waals surface area contributed by atoms with Crippen LogP contribution in [0.5, 0.6) is 0 Å². The molecule has 1 aliphatic carbocycles. The Kier molecular flexibility index (Phi) is 5.08. The van der Waals surface area contributed by atoms with Crippen molar-refractivity contribution in [2.24, 2.45) is 5.41 Å². The van der Waals surface area contributed by atoms with Crippen LogP contribution in [0.25, 0.3) is 22.1 Å². The van der Waals surface area contributed by atoms with Gasteiger partial charge in [-0.15, -0.1) is 0 Å². The van der Waals surface area contributed by atoms with Gasteiger partial charge < -0.3 is 20.5 Å². The average molecular weight is 600 g/mol. The Labute approximate surface area is 216 Å². The molecule has 4 aromatic heterocycles. The van der Waals surface area contributed by atoms with E-state index in [0.717, 1.165) is 11.9 Å². The van der Waals surface area contributed by atoms with Gasteiger partial charge in [-0.25, -0.2) is 19.9 Å². The molecule has 1 saturated carbocycles. The normalized spacial score (nSPS) is 23.0. The Morgan fingerprint density at radius 2 is 1.94 bits per heavy atom. The van der Waals surface area contributed by atoms with Crippen molar-refractivity contribution in [3.8, 4) is 0 Å². The fourth-order valence-corrected chi connectivity index (χ4v) is 5.84. The average Bonchev–Trinajstić information content (AvgIpc) is 3.22. The van der Waals surface area contributed by atoms with E-state index in [2.05, 4.69) is 64.0 Å². The van der Waals surface area contributed by atoms with Gasteiger partial charge in [0.05, 0.1) is 10.9 Å². The van der Waals surface area contributed by atoms with Crippen LogP contribution >= 0.6 is 31.9 Å². The van der Waals surface area contributed by atoms with E-state index in [-0.39, 0.29) is 29.8 Å². The van der Waals surface area contributed by atoms with Gasteiger partial charge in [-0.2, -0.15) is 0 Å². The SMILES string of the molecule is C[C@@]12C[C@@H](C(=O)Nc3cccc(Br)n3)N(C(=O)Cn3c4ccc(Br)nc4c4c(N)ncnc43)[C@@H]1C2. The van der Waals surface area contributed by atoms with E-state index in [1.165, 1.54) is 6.33 Å². The summed E-state index contributed by atoms with van der Waals surface area (Å²) in [6.45, 7) is 2.13. The molecule has 3 N–H and O–H groups in total. The minimum absolute atomic E-state index is 0.00522. The zero-order chi connectivity index (χ0) is 24.5. The number of anilines is 2. The summed E-state index contributed by atoms with van der Waals surface area (Å²) in [5, 5.41) is 3.47. The molecule has 10 nitrogen and oxygen atoms in total. The number of nitrogens with two attached hydrogens (primary N) is 1. The first-order valence-electron chi connectivity index (χ1n) is 11.0. The third kappa shape index (κ3) is 3.66. The minimum Gasteiger partial charge on any atom is -0.383 e. The Morgan fingerprint density at radius 3 is 2.74 bits per heavy atom. The molecule has 1 saturated heterocycles. The standard InChI is InChI=1S/C23H20Br2N8O2/c1-23-7-12(22(35)31-16-4-2-3-14(24)29-16)33(13(23)8-23)17(34)9-32-11-5-6-15(25)30-19(11)18-20(26)27-10-28-21(18)32/h2-6,10,12-13H,7-9H2,1H3,(H2,26,27,28)(H,29,31,35)/t12-,13+,23-/m0/s1.